The number of hydrogen-bond donors (Lipinski definition) is 1. The highest BCUT2D eigenvalue weighted by atomic mass is 35.5. The summed E-state index contributed by atoms with van der Waals surface area (Å²) in [6.45, 7) is 0. The van der Waals surface area contributed by atoms with E-state index in [1.165, 1.54) is 7.11 Å². The molecule has 0 aliphatic heterocycles. The minimum atomic E-state index is -0.433. The summed E-state index contributed by atoms with van der Waals surface area (Å²) < 4.78 is 4.78. The van der Waals surface area contributed by atoms with Crippen LogP contribution in [0.2, 0.25) is 10.0 Å². The van der Waals surface area contributed by atoms with Gasteiger partial charge in [0.1, 0.15) is 0 Å². The highest BCUT2D eigenvalue weighted by molar-refractivity contribution is 7.98. The average Bonchev–Trinajstić information content (AvgIpc) is 2.48. The molecule has 3 nitrogen and oxygen atoms in total. The lowest BCUT2D eigenvalue weighted by molar-refractivity contribution is 0.0601. The van der Waals surface area contributed by atoms with Gasteiger partial charge in [-0.25, -0.2) is 4.79 Å². The van der Waals surface area contributed by atoms with Gasteiger partial charge >= 0.3 is 5.97 Å². The van der Waals surface area contributed by atoms with Crippen molar-refractivity contribution in [2.75, 3.05) is 12.8 Å². The van der Waals surface area contributed by atoms with Gasteiger partial charge in [0.25, 0.3) is 0 Å². The summed E-state index contributed by atoms with van der Waals surface area (Å²) in [7, 11) is 1.34. The van der Waals surface area contributed by atoms with E-state index >= 15 is 0 Å². The van der Waals surface area contributed by atoms with Crippen molar-refractivity contribution in [2.45, 2.75) is 10.6 Å². The van der Waals surface area contributed by atoms with E-state index in [-0.39, 0.29) is 0 Å². The minimum absolute atomic E-state index is 0.410. The van der Waals surface area contributed by atoms with Gasteiger partial charge < -0.3 is 10.5 Å². The molecule has 0 aliphatic rings. The van der Waals surface area contributed by atoms with E-state index in [0.717, 1.165) is 10.5 Å². The van der Waals surface area contributed by atoms with E-state index in [1.807, 2.05) is 18.2 Å². The third kappa shape index (κ3) is 3.84. The molecule has 6 heteroatoms. The molecular weight excluding hydrogens is 329 g/mol. The quantitative estimate of drug-likeness (QED) is 0.499. The summed E-state index contributed by atoms with van der Waals surface area (Å²) in [6, 6.07) is 10.8. The van der Waals surface area contributed by atoms with Gasteiger partial charge in [-0.3, -0.25) is 0 Å². The Kier molecular flexibility index (Phi) is 5.39. The summed E-state index contributed by atoms with van der Waals surface area (Å²) in [5.41, 5.74) is 7.50. The highest BCUT2D eigenvalue weighted by Gasteiger charge is 2.15. The van der Waals surface area contributed by atoms with Crippen molar-refractivity contribution in [1.29, 1.82) is 0 Å². The molecule has 2 aromatic carbocycles. The Morgan fingerprint density at radius 3 is 2.67 bits per heavy atom. The molecule has 0 aromatic heterocycles. The SMILES string of the molecule is COC(=O)c1c(N)cccc1CSc1ccc(Cl)c(Cl)c1. The second kappa shape index (κ2) is 7.07. The molecule has 0 saturated heterocycles. The lowest BCUT2D eigenvalue weighted by atomic mass is 10.1. The molecule has 0 amide bonds. The summed E-state index contributed by atoms with van der Waals surface area (Å²) in [5.74, 6) is 0.144. The molecule has 0 radical (unpaired) electrons. The predicted molar refractivity (Wildman–Crippen MR) is 88.2 cm³/mol. The Balaban J connectivity index is 2.22. The number of anilines is 1. The fraction of sp³-hybridized carbons (Fsp3) is 0.133. The predicted octanol–water partition coefficient (Wildman–Crippen LogP) is 4.65. The third-order valence-corrected chi connectivity index (χ3v) is 4.64. The van der Waals surface area contributed by atoms with Gasteiger partial charge in [-0.15, -0.1) is 11.8 Å². The van der Waals surface area contributed by atoms with Crippen LogP contribution in [-0.4, -0.2) is 13.1 Å². The molecule has 0 saturated carbocycles. The molecule has 2 aromatic rings. The molecular formula is C15H13Cl2NO2S. The normalized spacial score (nSPS) is 10.4. The van der Waals surface area contributed by atoms with Crippen molar-refractivity contribution in [2.24, 2.45) is 0 Å². The first-order valence-corrected chi connectivity index (χ1v) is 7.80. The molecule has 0 spiro atoms. The number of nitrogens with two attached hydrogens (primary N) is 1. The molecule has 0 atom stereocenters. The summed E-state index contributed by atoms with van der Waals surface area (Å²) in [6.07, 6.45) is 0. The van der Waals surface area contributed by atoms with Crippen LogP contribution in [0.5, 0.6) is 0 Å². The maximum Gasteiger partial charge on any atom is 0.340 e. The number of esters is 1. The van der Waals surface area contributed by atoms with Crippen LogP contribution in [0.4, 0.5) is 5.69 Å². The van der Waals surface area contributed by atoms with Crippen LogP contribution in [0.3, 0.4) is 0 Å². The number of halogens is 2. The zero-order valence-electron chi connectivity index (χ0n) is 11.2. The number of carbonyl (C=O) groups excluding carboxylic acids is 1. The number of ether oxygens (including phenoxy) is 1. The van der Waals surface area contributed by atoms with Gasteiger partial charge in [-0.2, -0.15) is 0 Å². The van der Waals surface area contributed by atoms with Crippen LogP contribution < -0.4 is 5.73 Å². The van der Waals surface area contributed by atoms with E-state index in [9.17, 15) is 4.79 Å². The molecule has 0 unspecified atom stereocenters. The Morgan fingerprint density at radius 1 is 1.24 bits per heavy atom. The van der Waals surface area contributed by atoms with Crippen LogP contribution in [0.1, 0.15) is 15.9 Å². The van der Waals surface area contributed by atoms with E-state index in [2.05, 4.69) is 0 Å². The maximum atomic E-state index is 11.8. The Hall–Kier alpha value is -1.36. The molecule has 110 valence electrons. The minimum Gasteiger partial charge on any atom is -0.465 e. The molecule has 0 aliphatic carbocycles. The molecule has 2 rings (SSSR count). The van der Waals surface area contributed by atoms with Crippen LogP contribution in [0.15, 0.2) is 41.3 Å². The van der Waals surface area contributed by atoms with Crippen molar-refractivity contribution >= 4 is 46.6 Å². The van der Waals surface area contributed by atoms with Crippen molar-refractivity contribution in [3.8, 4) is 0 Å². The first kappa shape index (κ1) is 16.0. The summed E-state index contributed by atoms with van der Waals surface area (Å²) in [5, 5.41) is 1.02. The standard InChI is InChI=1S/C15H13Cl2NO2S/c1-20-15(19)14-9(3-2-4-13(14)18)8-21-10-5-6-11(16)12(17)7-10/h2-7H,8,18H2,1H3. The first-order chi connectivity index (χ1) is 10.0. The zero-order valence-corrected chi connectivity index (χ0v) is 13.6. The summed E-state index contributed by atoms with van der Waals surface area (Å²) in [4.78, 5) is 12.8. The molecule has 2 N–H and O–H groups in total. The highest BCUT2D eigenvalue weighted by Crippen LogP contribution is 2.31. The van der Waals surface area contributed by atoms with Crippen LogP contribution >= 0.6 is 35.0 Å². The summed E-state index contributed by atoms with van der Waals surface area (Å²) >= 11 is 13.4. The number of hydrogen-bond acceptors (Lipinski definition) is 4. The van der Waals surface area contributed by atoms with Crippen molar-refractivity contribution in [3.63, 3.8) is 0 Å². The van der Waals surface area contributed by atoms with Crippen molar-refractivity contribution in [3.05, 3.63) is 57.6 Å². The van der Waals surface area contributed by atoms with Gasteiger partial charge in [0.05, 0.1) is 22.7 Å². The average molecular weight is 342 g/mol. The van der Waals surface area contributed by atoms with Gasteiger partial charge in [0.15, 0.2) is 0 Å². The van der Waals surface area contributed by atoms with Crippen molar-refractivity contribution in [1.82, 2.24) is 0 Å². The lowest BCUT2D eigenvalue weighted by Crippen LogP contribution is -2.09. The number of benzene rings is 2. The molecule has 21 heavy (non-hydrogen) atoms. The van der Waals surface area contributed by atoms with Gasteiger partial charge in [-0.05, 0) is 29.8 Å². The Bertz CT molecular complexity index is 677. The number of methoxy groups -OCH3 is 1. The zero-order chi connectivity index (χ0) is 15.4. The second-order valence-corrected chi connectivity index (χ2v) is 6.10. The Labute approximate surface area is 137 Å². The topological polar surface area (TPSA) is 52.3 Å². The number of thioether (sulfide) groups is 1. The van der Waals surface area contributed by atoms with Crippen molar-refractivity contribution < 1.29 is 9.53 Å². The van der Waals surface area contributed by atoms with E-state index in [1.54, 1.807) is 30.0 Å². The number of nitrogen functional groups attached to an aromatic ring is 1. The van der Waals surface area contributed by atoms with E-state index in [4.69, 9.17) is 33.7 Å². The van der Waals surface area contributed by atoms with Crippen LogP contribution in [0.25, 0.3) is 0 Å². The second-order valence-electron chi connectivity index (χ2n) is 4.24. The number of rotatable bonds is 4. The van der Waals surface area contributed by atoms with E-state index in [0.29, 0.717) is 27.0 Å². The lowest BCUT2D eigenvalue weighted by Gasteiger charge is -2.10. The smallest absolute Gasteiger partial charge is 0.340 e. The first-order valence-electron chi connectivity index (χ1n) is 6.06. The van der Waals surface area contributed by atoms with Crippen LogP contribution in [0, 0.1) is 0 Å². The van der Waals surface area contributed by atoms with Gasteiger partial charge in [0, 0.05) is 16.3 Å². The van der Waals surface area contributed by atoms with Crippen LogP contribution in [-0.2, 0) is 10.5 Å². The monoisotopic (exact) mass is 341 g/mol. The molecule has 0 bridgehead atoms. The third-order valence-electron chi connectivity index (χ3n) is 2.86. The van der Waals surface area contributed by atoms with Gasteiger partial charge in [-0.1, -0.05) is 35.3 Å². The number of carbonyl (C=O) groups is 1. The fourth-order valence-corrected chi connectivity index (χ4v) is 3.11. The van der Waals surface area contributed by atoms with Gasteiger partial charge in [0.2, 0.25) is 0 Å². The fourth-order valence-electron chi connectivity index (χ4n) is 1.82. The molecule has 0 heterocycles. The largest absolute Gasteiger partial charge is 0.465 e. The van der Waals surface area contributed by atoms with E-state index < -0.39 is 5.97 Å². The Morgan fingerprint density at radius 2 is 2.00 bits per heavy atom. The maximum absolute atomic E-state index is 11.8. The molecule has 0 fully saturated rings.